The first-order valence-electron chi connectivity index (χ1n) is 9.77. The van der Waals surface area contributed by atoms with E-state index in [4.69, 9.17) is 14.2 Å². The van der Waals surface area contributed by atoms with Crippen molar-refractivity contribution in [3.63, 3.8) is 0 Å². The minimum Gasteiger partial charge on any atom is -0.497 e. The van der Waals surface area contributed by atoms with E-state index in [-0.39, 0.29) is 5.91 Å². The molecule has 1 aliphatic heterocycles. The van der Waals surface area contributed by atoms with Crippen molar-refractivity contribution < 1.29 is 19.0 Å². The zero-order valence-corrected chi connectivity index (χ0v) is 18.4. The number of amides is 1. The van der Waals surface area contributed by atoms with Crippen LogP contribution in [0.5, 0.6) is 17.2 Å². The summed E-state index contributed by atoms with van der Waals surface area (Å²) in [6.07, 6.45) is 7.46. The van der Waals surface area contributed by atoms with Crippen LogP contribution in [0.2, 0.25) is 0 Å². The molecule has 3 rings (SSSR count). The van der Waals surface area contributed by atoms with Gasteiger partial charge in [-0.05, 0) is 35.4 Å². The SMILES string of the molecule is COc1ccc(/C=C/c2cc(OC)cc(OC)c2/C=C/C(=O)N2CCSCC2)cc1. The van der Waals surface area contributed by atoms with Gasteiger partial charge >= 0.3 is 0 Å². The zero-order chi connectivity index (χ0) is 21.3. The molecular weight excluding hydrogens is 398 g/mol. The number of carbonyl (C=O) groups is 1. The first kappa shape index (κ1) is 21.8. The summed E-state index contributed by atoms with van der Waals surface area (Å²) < 4.78 is 16.2. The van der Waals surface area contributed by atoms with E-state index in [2.05, 4.69) is 0 Å². The second-order valence-electron chi connectivity index (χ2n) is 6.71. The van der Waals surface area contributed by atoms with Gasteiger partial charge in [-0.1, -0.05) is 24.3 Å². The highest BCUT2D eigenvalue weighted by Gasteiger charge is 2.15. The molecular formula is C24H27NO4S. The van der Waals surface area contributed by atoms with Gasteiger partial charge in [-0.15, -0.1) is 0 Å². The van der Waals surface area contributed by atoms with Crippen LogP contribution in [-0.4, -0.2) is 56.7 Å². The number of benzene rings is 2. The maximum atomic E-state index is 12.6. The monoisotopic (exact) mass is 425 g/mol. The van der Waals surface area contributed by atoms with Crippen LogP contribution < -0.4 is 14.2 Å². The Balaban J connectivity index is 1.90. The molecule has 158 valence electrons. The second-order valence-corrected chi connectivity index (χ2v) is 7.93. The molecule has 0 bridgehead atoms. The van der Waals surface area contributed by atoms with Gasteiger partial charge in [-0.25, -0.2) is 0 Å². The van der Waals surface area contributed by atoms with Crippen LogP contribution in [0.25, 0.3) is 18.2 Å². The molecule has 2 aromatic rings. The number of carbonyl (C=O) groups excluding carboxylic acids is 1. The molecule has 0 atom stereocenters. The van der Waals surface area contributed by atoms with Crippen molar-refractivity contribution in [1.82, 2.24) is 4.90 Å². The highest BCUT2D eigenvalue weighted by Crippen LogP contribution is 2.31. The summed E-state index contributed by atoms with van der Waals surface area (Å²) in [5, 5.41) is 0. The van der Waals surface area contributed by atoms with E-state index in [0.717, 1.165) is 47.0 Å². The predicted octanol–water partition coefficient (Wildman–Crippen LogP) is 4.47. The molecule has 5 nitrogen and oxygen atoms in total. The summed E-state index contributed by atoms with van der Waals surface area (Å²) in [6.45, 7) is 1.58. The Morgan fingerprint density at radius 1 is 0.900 bits per heavy atom. The van der Waals surface area contributed by atoms with Crippen molar-refractivity contribution in [2.24, 2.45) is 0 Å². The highest BCUT2D eigenvalue weighted by molar-refractivity contribution is 7.99. The summed E-state index contributed by atoms with van der Waals surface area (Å²) in [6, 6.07) is 11.6. The van der Waals surface area contributed by atoms with Gasteiger partial charge in [0.25, 0.3) is 0 Å². The van der Waals surface area contributed by atoms with E-state index in [1.165, 1.54) is 0 Å². The Labute approximate surface area is 182 Å². The fourth-order valence-corrected chi connectivity index (χ4v) is 4.07. The summed E-state index contributed by atoms with van der Waals surface area (Å²) in [5.41, 5.74) is 2.78. The molecule has 1 saturated heterocycles. The predicted molar refractivity (Wildman–Crippen MR) is 124 cm³/mol. The van der Waals surface area contributed by atoms with Gasteiger partial charge in [0.2, 0.25) is 5.91 Å². The maximum Gasteiger partial charge on any atom is 0.246 e. The van der Waals surface area contributed by atoms with Gasteiger partial charge in [0.1, 0.15) is 17.2 Å². The topological polar surface area (TPSA) is 48.0 Å². The molecule has 0 saturated carbocycles. The van der Waals surface area contributed by atoms with Crippen molar-refractivity contribution in [2.75, 3.05) is 45.9 Å². The van der Waals surface area contributed by atoms with Gasteiger partial charge in [0.15, 0.2) is 0 Å². The number of hydrogen-bond acceptors (Lipinski definition) is 5. The average Bonchev–Trinajstić information content (AvgIpc) is 2.81. The van der Waals surface area contributed by atoms with Gasteiger partial charge in [-0.3, -0.25) is 4.79 Å². The van der Waals surface area contributed by atoms with Crippen LogP contribution >= 0.6 is 11.8 Å². The van der Waals surface area contributed by atoms with E-state index in [9.17, 15) is 4.79 Å². The van der Waals surface area contributed by atoms with Crippen LogP contribution in [0.15, 0.2) is 42.5 Å². The van der Waals surface area contributed by atoms with Crippen molar-refractivity contribution >= 4 is 35.9 Å². The lowest BCUT2D eigenvalue weighted by Crippen LogP contribution is -2.36. The first-order chi connectivity index (χ1) is 14.6. The van der Waals surface area contributed by atoms with Crippen LogP contribution in [0, 0.1) is 0 Å². The summed E-state index contributed by atoms with van der Waals surface area (Å²) in [7, 11) is 4.89. The largest absolute Gasteiger partial charge is 0.497 e. The average molecular weight is 426 g/mol. The molecule has 0 spiro atoms. The van der Waals surface area contributed by atoms with Gasteiger partial charge in [0, 0.05) is 42.3 Å². The number of methoxy groups -OCH3 is 3. The van der Waals surface area contributed by atoms with Crippen LogP contribution in [-0.2, 0) is 4.79 Å². The fourth-order valence-electron chi connectivity index (χ4n) is 3.17. The summed E-state index contributed by atoms with van der Waals surface area (Å²) >= 11 is 1.88. The lowest BCUT2D eigenvalue weighted by molar-refractivity contribution is -0.125. The Bertz CT molecular complexity index is 916. The van der Waals surface area contributed by atoms with Crippen LogP contribution in [0.3, 0.4) is 0 Å². The second kappa shape index (κ2) is 10.8. The number of thioether (sulfide) groups is 1. The first-order valence-corrected chi connectivity index (χ1v) is 10.9. The standard InChI is InChI=1S/C24H27NO4S/c1-27-20-8-5-18(6-9-20)4-7-19-16-21(28-2)17-23(29-3)22(19)10-11-24(26)25-12-14-30-15-13-25/h4-11,16-17H,12-15H2,1-3H3/b7-4+,11-10+. The molecule has 30 heavy (non-hydrogen) atoms. The van der Waals surface area contributed by atoms with Crippen LogP contribution in [0.4, 0.5) is 0 Å². The molecule has 2 aromatic carbocycles. The molecule has 0 radical (unpaired) electrons. The van der Waals surface area contributed by atoms with Crippen molar-refractivity contribution in [2.45, 2.75) is 0 Å². The highest BCUT2D eigenvalue weighted by atomic mass is 32.2. The number of ether oxygens (including phenoxy) is 3. The molecule has 6 heteroatoms. The number of nitrogens with zero attached hydrogens (tertiary/aromatic N) is 1. The maximum absolute atomic E-state index is 12.6. The zero-order valence-electron chi connectivity index (χ0n) is 17.6. The molecule has 1 aliphatic rings. The minimum atomic E-state index is 0.0262. The Morgan fingerprint density at radius 3 is 2.23 bits per heavy atom. The number of rotatable bonds is 7. The Hall–Kier alpha value is -2.86. The molecule has 1 fully saturated rings. The van der Waals surface area contributed by atoms with Gasteiger partial charge < -0.3 is 19.1 Å². The van der Waals surface area contributed by atoms with E-state index >= 15 is 0 Å². The van der Waals surface area contributed by atoms with Crippen molar-refractivity contribution in [3.05, 3.63) is 59.2 Å². The van der Waals surface area contributed by atoms with Gasteiger partial charge in [0.05, 0.1) is 21.3 Å². The Morgan fingerprint density at radius 2 is 1.60 bits per heavy atom. The van der Waals surface area contributed by atoms with E-state index < -0.39 is 0 Å². The molecule has 1 amide bonds. The molecule has 1 heterocycles. The molecule has 0 unspecified atom stereocenters. The fraction of sp³-hybridized carbons (Fsp3) is 0.292. The minimum absolute atomic E-state index is 0.0262. The normalized spacial score (nSPS) is 14.3. The summed E-state index contributed by atoms with van der Waals surface area (Å²) in [4.78, 5) is 14.5. The van der Waals surface area contributed by atoms with Gasteiger partial charge in [-0.2, -0.15) is 11.8 Å². The quantitative estimate of drug-likeness (QED) is 0.484. The van der Waals surface area contributed by atoms with Crippen molar-refractivity contribution in [1.29, 1.82) is 0 Å². The van der Waals surface area contributed by atoms with E-state index in [0.29, 0.717) is 11.5 Å². The third-order valence-corrected chi connectivity index (χ3v) is 5.83. The lowest BCUT2D eigenvalue weighted by atomic mass is 10.0. The lowest BCUT2D eigenvalue weighted by Gasteiger charge is -2.25. The van der Waals surface area contributed by atoms with Crippen LogP contribution in [0.1, 0.15) is 16.7 Å². The van der Waals surface area contributed by atoms with E-state index in [1.54, 1.807) is 27.4 Å². The Kier molecular flexibility index (Phi) is 7.85. The van der Waals surface area contributed by atoms with Crippen molar-refractivity contribution in [3.8, 4) is 17.2 Å². The number of hydrogen-bond donors (Lipinski definition) is 0. The third kappa shape index (κ3) is 5.60. The van der Waals surface area contributed by atoms with E-state index in [1.807, 2.05) is 71.3 Å². The smallest absolute Gasteiger partial charge is 0.246 e. The molecule has 0 aromatic heterocycles. The molecule has 0 N–H and O–H groups in total. The summed E-state index contributed by atoms with van der Waals surface area (Å²) in [5.74, 6) is 4.16. The molecule has 0 aliphatic carbocycles. The third-order valence-electron chi connectivity index (χ3n) is 4.89.